The van der Waals surface area contributed by atoms with Gasteiger partial charge in [-0.25, -0.2) is 4.98 Å². The van der Waals surface area contributed by atoms with E-state index in [9.17, 15) is 4.79 Å². The molecule has 0 aliphatic carbocycles. The topological polar surface area (TPSA) is 69.6 Å². The van der Waals surface area contributed by atoms with Gasteiger partial charge in [-0.3, -0.25) is 18.8 Å². The third-order valence-electron chi connectivity index (χ3n) is 6.52. The van der Waals surface area contributed by atoms with Crippen molar-refractivity contribution in [3.8, 4) is 22.5 Å². The summed E-state index contributed by atoms with van der Waals surface area (Å²) in [6.07, 6.45) is 8.94. The van der Waals surface area contributed by atoms with E-state index in [2.05, 4.69) is 21.5 Å². The van der Waals surface area contributed by atoms with Gasteiger partial charge in [0, 0.05) is 60.8 Å². The lowest BCUT2D eigenvalue weighted by atomic mass is 10.2. The van der Waals surface area contributed by atoms with Crippen LogP contribution in [0.3, 0.4) is 0 Å². The van der Waals surface area contributed by atoms with E-state index < -0.39 is 0 Å². The molecule has 3 aromatic heterocycles. The molecule has 35 heavy (non-hydrogen) atoms. The number of aromatic nitrogens is 5. The normalized spacial score (nSPS) is 14.7. The summed E-state index contributed by atoms with van der Waals surface area (Å²) in [6.45, 7) is 8.18. The van der Waals surface area contributed by atoms with Crippen molar-refractivity contribution in [2.45, 2.75) is 39.3 Å². The molecule has 0 atom stereocenters. The summed E-state index contributed by atoms with van der Waals surface area (Å²) >= 11 is 6.06. The van der Waals surface area contributed by atoms with Gasteiger partial charge in [0.05, 0.1) is 37.3 Å². The predicted molar refractivity (Wildman–Crippen MR) is 138 cm³/mol. The van der Waals surface area contributed by atoms with Crippen molar-refractivity contribution in [3.05, 3.63) is 64.3 Å². The number of nitrogens with zero attached hydrogens (tertiary/aromatic N) is 6. The number of hydrogen-bond donors (Lipinski definition) is 0. The van der Waals surface area contributed by atoms with Gasteiger partial charge in [0.1, 0.15) is 0 Å². The second-order valence-electron chi connectivity index (χ2n) is 8.98. The maximum atomic E-state index is 13.1. The second kappa shape index (κ2) is 10.8. The van der Waals surface area contributed by atoms with Crippen molar-refractivity contribution in [2.24, 2.45) is 0 Å². The molecule has 9 heteroatoms. The molecule has 1 aromatic carbocycles. The van der Waals surface area contributed by atoms with Crippen LogP contribution in [0.4, 0.5) is 0 Å². The first-order valence-electron chi connectivity index (χ1n) is 12.3. The zero-order chi connectivity index (χ0) is 24.2. The van der Waals surface area contributed by atoms with Gasteiger partial charge in [-0.05, 0) is 18.6 Å². The fourth-order valence-corrected chi connectivity index (χ4v) is 4.65. The van der Waals surface area contributed by atoms with Gasteiger partial charge in [0.2, 0.25) is 5.78 Å². The molecule has 1 fully saturated rings. The van der Waals surface area contributed by atoms with Crippen LogP contribution in [0.15, 0.2) is 53.7 Å². The van der Waals surface area contributed by atoms with E-state index >= 15 is 0 Å². The summed E-state index contributed by atoms with van der Waals surface area (Å²) in [5, 5.41) is 5.26. The van der Waals surface area contributed by atoms with Crippen molar-refractivity contribution in [3.63, 3.8) is 0 Å². The fraction of sp³-hybridized carbons (Fsp3) is 0.423. The molecular weight excluding hydrogens is 464 g/mol. The Labute approximate surface area is 209 Å². The first-order valence-corrected chi connectivity index (χ1v) is 12.7. The maximum absolute atomic E-state index is 13.1. The number of unbranched alkanes of at least 4 members (excludes halogenated alkanes) is 2. The number of ether oxygens (including phenoxy) is 1. The number of aryl methyl sites for hydroxylation is 1. The van der Waals surface area contributed by atoms with Crippen molar-refractivity contribution >= 4 is 17.4 Å². The molecule has 0 radical (unpaired) electrons. The minimum absolute atomic E-state index is 0.101. The van der Waals surface area contributed by atoms with Crippen LogP contribution in [-0.4, -0.2) is 61.5 Å². The molecule has 0 amide bonds. The first-order chi connectivity index (χ1) is 17.1. The van der Waals surface area contributed by atoms with Crippen LogP contribution in [0.1, 0.15) is 26.2 Å². The van der Waals surface area contributed by atoms with E-state index in [0.29, 0.717) is 10.8 Å². The lowest BCUT2D eigenvalue weighted by Crippen LogP contribution is -2.38. The van der Waals surface area contributed by atoms with E-state index in [-0.39, 0.29) is 5.56 Å². The summed E-state index contributed by atoms with van der Waals surface area (Å²) in [5.74, 6) is 0.648. The van der Waals surface area contributed by atoms with Gasteiger partial charge in [0.15, 0.2) is 0 Å². The smallest absolute Gasteiger partial charge is 0.259 e. The molecule has 0 N–H and O–H groups in total. The van der Waals surface area contributed by atoms with E-state index in [1.165, 1.54) is 0 Å². The van der Waals surface area contributed by atoms with Crippen LogP contribution in [0.25, 0.3) is 28.3 Å². The molecular formula is C26H31ClN6O2. The third-order valence-corrected chi connectivity index (χ3v) is 6.77. The zero-order valence-corrected chi connectivity index (χ0v) is 20.8. The van der Waals surface area contributed by atoms with E-state index in [4.69, 9.17) is 21.3 Å². The Morgan fingerprint density at radius 3 is 2.57 bits per heavy atom. The highest BCUT2D eigenvalue weighted by Crippen LogP contribution is 2.24. The van der Waals surface area contributed by atoms with Crippen LogP contribution in [-0.2, 0) is 17.8 Å². The van der Waals surface area contributed by atoms with E-state index in [1.54, 1.807) is 10.5 Å². The Morgan fingerprint density at radius 2 is 1.80 bits per heavy atom. The highest BCUT2D eigenvalue weighted by atomic mass is 35.5. The lowest BCUT2D eigenvalue weighted by Gasteiger charge is -2.26. The average Bonchev–Trinajstić information content (AvgIpc) is 3.53. The quantitative estimate of drug-likeness (QED) is 0.326. The summed E-state index contributed by atoms with van der Waals surface area (Å²) in [6, 6.07) is 9.23. The highest BCUT2D eigenvalue weighted by molar-refractivity contribution is 6.30. The van der Waals surface area contributed by atoms with Crippen LogP contribution in [0.5, 0.6) is 0 Å². The standard InChI is InChI=1S/C26H31ClN6O2/c1-2-3-4-9-32-24(21-17-28-31(18-21)11-10-30-12-14-35-15-13-30)16-25(34)33-19-23(29-26(32)33)20-5-7-22(27)8-6-20/h5-8,16-19H,2-4,9-15H2,1H3. The summed E-state index contributed by atoms with van der Waals surface area (Å²) in [4.78, 5) is 20.4. The molecule has 1 aliphatic heterocycles. The molecule has 8 nitrogen and oxygen atoms in total. The molecule has 5 rings (SSSR count). The largest absolute Gasteiger partial charge is 0.379 e. The second-order valence-corrected chi connectivity index (χ2v) is 9.41. The molecule has 0 bridgehead atoms. The average molecular weight is 495 g/mol. The monoisotopic (exact) mass is 494 g/mol. The van der Waals surface area contributed by atoms with Gasteiger partial charge < -0.3 is 9.30 Å². The summed E-state index contributed by atoms with van der Waals surface area (Å²) in [7, 11) is 0. The fourth-order valence-electron chi connectivity index (χ4n) is 4.52. The van der Waals surface area contributed by atoms with E-state index in [0.717, 1.165) is 87.7 Å². The Morgan fingerprint density at radius 1 is 1.00 bits per heavy atom. The molecule has 1 saturated heterocycles. The number of rotatable bonds is 9. The Hall–Kier alpha value is -2.94. The predicted octanol–water partition coefficient (Wildman–Crippen LogP) is 4.20. The Kier molecular flexibility index (Phi) is 7.32. The van der Waals surface area contributed by atoms with Gasteiger partial charge in [-0.2, -0.15) is 5.10 Å². The number of hydrogen-bond acceptors (Lipinski definition) is 5. The molecule has 0 spiro atoms. The lowest BCUT2D eigenvalue weighted by molar-refractivity contribution is 0.0360. The minimum atomic E-state index is -0.101. The maximum Gasteiger partial charge on any atom is 0.259 e. The molecule has 0 saturated carbocycles. The van der Waals surface area contributed by atoms with Gasteiger partial charge in [-0.1, -0.05) is 43.5 Å². The number of morpholine rings is 1. The zero-order valence-electron chi connectivity index (χ0n) is 20.1. The molecule has 0 unspecified atom stereocenters. The molecule has 1 aliphatic rings. The number of fused-ring (bicyclic) bond motifs is 1. The van der Waals surface area contributed by atoms with E-state index in [1.807, 2.05) is 47.5 Å². The third kappa shape index (κ3) is 5.34. The number of benzene rings is 1. The van der Waals surface area contributed by atoms with Crippen LogP contribution < -0.4 is 5.56 Å². The molecule has 4 heterocycles. The van der Waals surface area contributed by atoms with Gasteiger partial charge >= 0.3 is 0 Å². The van der Waals surface area contributed by atoms with Crippen molar-refractivity contribution in [2.75, 3.05) is 32.8 Å². The summed E-state index contributed by atoms with van der Waals surface area (Å²) < 4.78 is 11.2. The SMILES string of the molecule is CCCCCn1c(-c2cnn(CCN3CCOCC3)c2)cc(=O)n2cc(-c3ccc(Cl)cc3)nc12. The minimum Gasteiger partial charge on any atom is -0.379 e. The van der Waals surface area contributed by atoms with Crippen LogP contribution >= 0.6 is 11.6 Å². The Balaban J connectivity index is 1.49. The van der Waals surface area contributed by atoms with Crippen molar-refractivity contribution in [1.82, 2.24) is 28.6 Å². The number of halogens is 1. The highest BCUT2D eigenvalue weighted by Gasteiger charge is 2.17. The van der Waals surface area contributed by atoms with Gasteiger partial charge in [0.25, 0.3) is 5.56 Å². The first kappa shape index (κ1) is 23.8. The van der Waals surface area contributed by atoms with Crippen molar-refractivity contribution in [1.29, 1.82) is 0 Å². The number of imidazole rings is 1. The van der Waals surface area contributed by atoms with Crippen LogP contribution in [0.2, 0.25) is 5.02 Å². The van der Waals surface area contributed by atoms with Crippen molar-refractivity contribution < 1.29 is 4.74 Å². The van der Waals surface area contributed by atoms with Gasteiger partial charge in [-0.15, -0.1) is 0 Å². The summed E-state index contributed by atoms with van der Waals surface area (Å²) in [5.41, 5.74) is 3.36. The Bertz CT molecular complexity index is 1330. The molecule has 184 valence electrons. The van der Waals surface area contributed by atoms with Crippen LogP contribution in [0, 0.1) is 0 Å². The molecule has 4 aromatic rings.